The third-order valence-corrected chi connectivity index (χ3v) is 5.50. The normalized spacial score (nSPS) is 11.5. The van der Waals surface area contributed by atoms with Gasteiger partial charge in [-0.2, -0.15) is 21.4 Å². The van der Waals surface area contributed by atoms with Crippen LogP contribution in [0.1, 0.15) is 29.7 Å². The Morgan fingerprint density at radius 3 is 2.76 bits per heavy atom. The van der Waals surface area contributed by atoms with E-state index < -0.39 is 0 Å². The van der Waals surface area contributed by atoms with Crippen LogP contribution in [0.2, 0.25) is 0 Å². The molecule has 0 bridgehead atoms. The maximum atomic E-state index is 5.33. The zero-order valence-electron chi connectivity index (χ0n) is 14.4. The summed E-state index contributed by atoms with van der Waals surface area (Å²) in [6.45, 7) is 2.17. The molecule has 0 saturated carbocycles. The number of aromatic nitrogens is 4. The van der Waals surface area contributed by atoms with Crippen LogP contribution in [-0.4, -0.2) is 39.8 Å². The number of nitrogens with zero attached hydrogens (tertiary/aromatic N) is 4. The lowest BCUT2D eigenvalue weighted by molar-refractivity contribution is 0.355. The van der Waals surface area contributed by atoms with Gasteiger partial charge in [0.15, 0.2) is 17.3 Å². The molecule has 3 aromatic rings. The van der Waals surface area contributed by atoms with Gasteiger partial charge in [-0.05, 0) is 35.9 Å². The van der Waals surface area contributed by atoms with Gasteiger partial charge in [-0.3, -0.25) is 0 Å². The van der Waals surface area contributed by atoms with Gasteiger partial charge in [0.25, 0.3) is 0 Å². The number of fused-ring (bicyclic) bond motifs is 1. The van der Waals surface area contributed by atoms with E-state index in [1.165, 1.54) is 11.3 Å². The van der Waals surface area contributed by atoms with E-state index in [2.05, 4.69) is 22.2 Å². The molecule has 0 atom stereocenters. The monoisotopic (exact) mass is 376 g/mol. The fourth-order valence-corrected chi connectivity index (χ4v) is 3.82. The summed E-state index contributed by atoms with van der Waals surface area (Å²) in [4.78, 5) is 0.819. The predicted molar refractivity (Wildman–Crippen MR) is 104 cm³/mol. The number of hydrogen-bond donors (Lipinski definition) is 0. The average molecular weight is 377 g/mol. The zero-order valence-corrected chi connectivity index (χ0v) is 16.1. The highest BCUT2D eigenvalue weighted by atomic mass is 32.2. The van der Waals surface area contributed by atoms with Gasteiger partial charge in [-0.15, -0.1) is 10.2 Å². The summed E-state index contributed by atoms with van der Waals surface area (Å²) in [5, 5.41) is 13.9. The molecule has 3 rings (SSSR count). The molecule has 1 aromatic carbocycles. The maximum Gasteiger partial charge on any atom is 0.234 e. The number of hydrogen-bond acceptors (Lipinski definition) is 7. The molecule has 0 N–H and O–H groups in total. The Morgan fingerprint density at radius 2 is 2.00 bits per heavy atom. The summed E-state index contributed by atoms with van der Waals surface area (Å²) in [5.74, 6) is 4.27. The first-order valence-corrected chi connectivity index (χ1v) is 9.91. The molecular weight excluding hydrogens is 356 g/mol. The lowest BCUT2D eigenvalue weighted by atomic mass is 10.2. The molecule has 6 nitrogen and oxygen atoms in total. The lowest BCUT2D eigenvalue weighted by Crippen LogP contribution is -1.94. The van der Waals surface area contributed by atoms with Crippen molar-refractivity contribution in [2.24, 2.45) is 0 Å². The second kappa shape index (κ2) is 8.35. The minimum Gasteiger partial charge on any atom is -0.493 e. The molecule has 0 amide bonds. The molecule has 0 fully saturated rings. The van der Waals surface area contributed by atoms with Crippen LogP contribution in [-0.2, 0) is 5.75 Å². The molecule has 0 radical (unpaired) electrons. The predicted octanol–water partition coefficient (Wildman–Crippen LogP) is 4.02. The summed E-state index contributed by atoms with van der Waals surface area (Å²) in [5.41, 5.74) is 1.02. The molecule has 25 heavy (non-hydrogen) atoms. The molecule has 0 unspecified atom stereocenters. The summed E-state index contributed by atoms with van der Waals surface area (Å²) in [6, 6.07) is 5.80. The first-order valence-electron chi connectivity index (χ1n) is 7.94. The van der Waals surface area contributed by atoms with Crippen LogP contribution in [0, 0.1) is 0 Å². The molecule has 0 aliphatic rings. The highest BCUT2D eigenvalue weighted by molar-refractivity contribution is 7.98. The molecule has 0 aliphatic carbocycles. The quantitative estimate of drug-likeness (QED) is 0.554. The molecule has 0 aliphatic heterocycles. The third kappa shape index (κ3) is 4.13. The van der Waals surface area contributed by atoms with Crippen LogP contribution in [0.4, 0.5) is 0 Å². The molecular formula is C17H20N4O2S2. The van der Waals surface area contributed by atoms with Crippen LogP contribution in [0.5, 0.6) is 11.5 Å². The number of ether oxygens (including phenoxy) is 2. The Balaban J connectivity index is 1.77. The van der Waals surface area contributed by atoms with Crippen molar-refractivity contribution in [3.63, 3.8) is 0 Å². The number of rotatable bonds is 8. The second-order valence-corrected chi connectivity index (χ2v) is 7.34. The minimum atomic E-state index is 0.707. The van der Waals surface area contributed by atoms with Gasteiger partial charge >= 0.3 is 0 Å². The molecule has 0 saturated heterocycles. The molecule has 132 valence electrons. The van der Waals surface area contributed by atoms with E-state index in [9.17, 15) is 0 Å². The van der Waals surface area contributed by atoms with Crippen molar-refractivity contribution in [2.45, 2.75) is 19.1 Å². The Hall–Kier alpha value is -2.06. The van der Waals surface area contributed by atoms with E-state index in [0.717, 1.165) is 39.3 Å². The Kier molecular flexibility index (Phi) is 5.93. The van der Waals surface area contributed by atoms with Crippen molar-refractivity contribution >= 4 is 40.2 Å². The van der Waals surface area contributed by atoms with Crippen LogP contribution in [0.3, 0.4) is 0 Å². The maximum absolute atomic E-state index is 5.33. The van der Waals surface area contributed by atoms with E-state index in [-0.39, 0.29) is 0 Å². The van der Waals surface area contributed by atoms with E-state index in [0.29, 0.717) is 11.5 Å². The Morgan fingerprint density at radius 1 is 1.16 bits per heavy atom. The van der Waals surface area contributed by atoms with Crippen LogP contribution >= 0.6 is 23.1 Å². The van der Waals surface area contributed by atoms with E-state index >= 15 is 0 Å². The lowest BCUT2D eigenvalue weighted by Gasteiger charge is -2.07. The van der Waals surface area contributed by atoms with Gasteiger partial charge in [0.1, 0.15) is 5.01 Å². The van der Waals surface area contributed by atoms with Crippen LogP contribution in [0.15, 0.2) is 18.2 Å². The summed E-state index contributed by atoms with van der Waals surface area (Å²) in [7, 11) is 3.26. The van der Waals surface area contributed by atoms with Crippen LogP contribution in [0.25, 0.3) is 17.1 Å². The Bertz CT molecular complexity index is 873. The SMILES string of the molecule is CCCSCc1nnc2sc(/C=C/c3ccc(OC)c(OC)c3)nn12. The summed E-state index contributed by atoms with van der Waals surface area (Å²) < 4.78 is 12.4. The summed E-state index contributed by atoms with van der Waals surface area (Å²) in [6.07, 6.45) is 5.13. The zero-order chi connectivity index (χ0) is 17.6. The van der Waals surface area contributed by atoms with Crippen molar-refractivity contribution in [3.8, 4) is 11.5 Å². The Labute approximate surface area is 154 Å². The molecule has 2 heterocycles. The minimum absolute atomic E-state index is 0.707. The molecule has 0 spiro atoms. The first kappa shape index (κ1) is 17.8. The van der Waals surface area contributed by atoms with Gasteiger partial charge in [-0.25, -0.2) is 0 Å². The van der Waals surface area contributed by atoms with Gasteiger partial charge in [0, 0.05) is 0 Å². The fraction of sp³-hybridized carbons (Fsp3) is 0.353. The number of benzene rings is 1. The largest absolute Gasteiger partial charge is 0.493 e. The molecule has 2 aromatic heterocycles. The van der Waals surface area contributed by atoms with E-state index in [4.69, 9.17) is 9.47 Å². The van der Waals surface area contributed by atoms with E-state index in [1.54, 1.807) is 14.2 Å². The molecule has 8 heteroatoms. The number of methoxy groups -OCH3 is 2. The first-order chi connectivity index (χ1) is 12.2. The van der Waals surface area contributed by atoms with Crippen molar-refractivity contribution in [1.82, 2.24) is 19.8 Å². The van der Waals surface area contributed by atoms with Gasteiger partial charge in [-0.1, -0.05) is 30.4 Å². The van der Waals surface area contributed by atoms with Gasteiger partial charge in [0.2, 0.25) is 4.96 Å². The third-order valence-electron chi connectivity index (χ3n) is 3.48. The van der Waals surface area contributed by atoms with Crippen LogP contribution < -0.4 is 9.47 Å². The van der Waals surface area contributed by atoms with Crippen molar-refractivity contribution < 1.29 is 9.47 Å². The van der Waals surface area contributed by atoms with Gasteiger partial charge in [0.05, 0.1) is 20.0 Å². The highest BCUT2D eigenvalue weighted by Crippen LogP contribution is 2.28. The van der Waals surface area contributed by atoms with Crippen molar-refractivity contribution in [1.29, 1.82) is 0 Å². The average Bonchev–Trinajstić information content (AvgIpc) is 3.21. The topological polar surface area (TPSA) is 61.5 Å². The number of thioether (sulfide) groups is 1. The standard InChI is InChI=1S/C17H20N4O2S2/c1-4-9-24-11-15-18-19-17-21(15)20-16(25-17)8-6-12-5-7-13(22-2)14(10-12)23-3/h5-8,10H,4,9,11H2,1-3H3/b8-6+. The fourth-order valence-electron chi connectivity index (χ4n) is 2.26. The van der Waals surface area contributed by atoms with E-state index in [1.807, 2.05) is 46.6 Å². The summed E-state index contributed by atoms with van der Waals surface area (Å²) >= 11 is 3.37. The van der Waals surface area contributed by atoms with Crippen molar-refractivity contribution in [3.05, 3.63) is 34.6 Å². The second-order valence-electron chi connectivity index (χ2n) is 5.25. The smallest absolute Gasteiger partial charge is 0.234 e. The van der Waals surface area contributed by atoms with Gasteiger partial charge < -0.3 is 9.47 Å². The highest BCUT2D eigenvalue weighted by Gasteiger charge is 2.10. The van der Waals surface area contributed by atoms with Crippen molar-refractivity contribution in [2.75, 3.05) is 20.0 Å².